The summed E-state index contributed by atoms with van der Waals surface area (Å²) in [6, 6.07) is 12.4. The summed E-state index contributed by atoms with van der Waals surface area (Å²) in [6.07, 6.45) is 2.99. The molecule has 0 aromatic heterocycles. The number of fused-ring (bicyclic) bond motifs is 1. The van der Waals surface area contributed by atoms with Crippen LogP contribution in [0.3, 0.4) is 0 Å². The molecule has 1 saturated heterocycles. The van der Waals surface area contributed by atoms with Crippen LogP contribution in [0.15, 0.2) is 47.4 Å². The number of ether oxygens (including phenoxy) is 2. The number of piperidine rings is 1. The Morgan fingerprint density at radius 3 is 2.55 bits per heavy atom. The number of carbonyl (C=O) groups is 3. The first-order valence-electron chi connectivity index (χ1n) is 10.9. The zero-order valence-corrected chi connectivity index (χ0v) is 19.5. The molecule has 0 aliphatic carbocycles. The van der Waals surface area contributed by atoms with Crippen molar-refractivity contribution in [2.45, 2.75) is 29.4 Å². The number of methoxy groups -OCH3 is 2. The van der Waals surface area contributed by atoms with E-state index in [1.54, 1.807) is 29.2 Å². The molecular weight excluding hydrogens is 442 g/mol. The van der Waals surface area contributed by atoms with Gasteiger partial charge in [-0.2, -0.15) is 0 Å². The van der Waals surface area contributed by atoms with E-state index in [-0.39, 0.29) is 18.4 Å². The van der Waals surface area contributed by atoms with Gasteiger partial charge >= 0.3 is 0 Å². The number of thioether (sulfide) groups is 1. The molecule has 9 heteroatoms. The van der Waals surface area contributed by atoms with Crippen LogP contribution in [0, 0.1) is 0 Å². The standard InChI is InChI=1S/C24H27N3O5S/c1-31-16-10-11-19(32-2)17(14-16)25-21(28)15-27-18-8-4-5-9-20(18)33-22(24(27)30)23(29)26-12-6-3-7-13-26/h4-5,8-11,14,22H,3,6-7,12-13,15H2,1-2H3,(H,25,28)/t22-/m0/s1. The molecule has 0 saturated carbocycles. The lowest BCUT2D eigenvalue weighted by Gasteiger charge is -2.36. The molecule has 0 unspecified atom stereocenters. The highest BCUT2D eigenvalue weighted by atomic mass is 32.2. The molecule has 2 heterocycles. The lowest BCUT2D eigenvalue weighted by atomic mass is 10.1. The third kappa shape index (κ3) is 4.93. The lowest BCUT2D eigenvalue weighted by Crippen LogP contribution is -2.52. The van der Waals surface area contributed by atoms with Crippen molar-refractivity contribution >= 4 is 40.9 Å². The van der Waals surface area contributed by atoms with E-state index in [0.717, 1.165) is 24.2 Å². The summed E-state index contributed by atoms with van der Waals surface area (Å²) < 4.78 is 10.6. The van der Waals surface area contributed by atoms with Gasteiger partial charge in [-0.05, 0) is 43.5 Å². The van der Waals surface area contributed by atoms with Gasteiger partial charge in [0.15, 0.2) is 5.25 Å². The number of anilines is 2. The van der Waals surface area contributed by atoms with E-state index in [9.17, 15) is 14.4 Å². The maximum atomic E-state index is 13.4. The molecular formula is C24H27N3O5S. The van der Waals surface area contributed by atoms with Crippen molar-refractivity contribution in [1.82, 2.24) is 4.90 Å². The summed E-state index contributed by atoms with van der Waals surface area (Å²) in [5.41, 5.74) is 1.07. The van der Waals surface area contributed by atoms with Crippen LogP contribution in [0.2, 0.25) is 0 Å². The monoisotopic (exact) mass is 469 g/mol. The number of hydrogen-bond donors (Lipinski definition) is 1. The Hall–Kier alpha value is -3.20. The molecule has 2 aromatic rings. The largest absolute Gasteiger partial charge is 0.497 e. The summed E-state index contributed by atoms with van der Waals surface area (Å²) in [6.45, 7) is 1.11. The van der Waals surface area contributed by atoms with E-state index in [0.29, 0.717) is 36.0 Å². The van der Waals surface area contributed by atoms with Gasteiger partial charge in [0, 0.05) is 24.1 Å². The average molecular weight is 470 g/mol. The third-order valence-electron chi connectivity index (χ3n) is 5.77. The zero-order valence-electron chi connectivity index (χ0n) is 18.7. The topological polar surface area (TPSA) is 88.2 Å². The Kier molecular flexibility index (Phi) is 7.08. The lowest BCUT2D eigenvalue weighted by molar-refractivity contribution is -0.135. The number of carbonyl (C=O) groups excluding carboxylic acids is 3. The van der Waals surface area contributed by atoms with Crippen LogP contribution in [0.5, 0.6) is 11.5 Å². The number of benzene rings is 2. The van der Waals surface area contributed by atoms with Crippen LogP contribution in [0.1, 0.15) is 19.3 Å². The predicted molar refractivity (Wildman–Crippen MR) is 127 cm³/mol. The molecule has 0 radical (unpaired) electrons. The molecule has 0 spiro atoms. The Bertz CT molecular complexity index is 1050. The number of rotatable bonds is 6. The maximum Gasteiger partial charge on any atom is 0.250 e. The predicted octanol–water partition coefficient (Wildman–Crippen LogP) is 3.16. The fourth-order valence-corrected chi connectivity index (χ4v) is 5.25. The summed E-state index contributed by atoms with van der Waals surface area (Å²) in [5, 5.41) is 1.91. The van der Waals surface area contributed by atoms with Gasteiger partial charge in [-0.15, -0.1) is 11.8 Å². The number of amides is 3. The van der Waals surface area contributed by atoms with Crippen LogP contribution >= 0.6 is 11.8 Å². The van der Waals surface area contributed by atoms with Gasteiger partial charge in [0.1, 0.15) is 18.0 Å². The van der Waals surface area contributed by atoms with Gasteiger partial charge in [-0.1, -0.05) is 12.1 Å². The fourth-order valence-electron chi connectivity index (χ4n) is 4.06. The van der Waals surface area contributed by atoms with E-state index in [1.165, 1.54) is 30.9 Å². The molecule has 1 N–H and O–H groups in total. The van der Waals surface area contributed by atoms with Crippen LogP contribution in [0.25, 0.3) is 0 Å². The van der Waals surface area contributed by atoms with Crippen LogP contribution in [0.4, 0.5) is 11.4 Å². The van der Waals surface area contributed by atoms with Crippen LogP contribution in [-0.2, 0) is 14.4 Å². The number of hydrogen-bond acceptors (Lipinski definition) is 6. The van der Waals surface area contributed by atoms with E-state index in [4.69, 9.17) is 9.47 Å². The van der Waals surface area contributed by atoms with Crippen molar-refractivity contribution in [2.24, 2.45) is 0 Å². The molecule has 174 valence electrons. The van der Waals surface area contributed by atoms with Gasteiger partial charge in [0.25, 0.3) is 5.91 Å². The SMILES string of the molecule is COc1ccc(OC)c(NC(=O)CN2C(=O)[C@H](C(=O)N3CCCCC3)Sc3ccccc32)c1. The summed E-state index contributed by atoms with van der Waals surface area (Å²) in [4.78, 5) is 43.5. The maximum absolute atomic E-state index is 13.4. The van der Waals surface area contributed by atoms with E-state index in [1.807, 2.05) is 18.2 Å². The normalized spacial score (nSPS) is 17.9. The van der Waals surface area contributed by atoms with Crippen molar-refractivity contribution < 1.29 is 23.9 Å². The quantitative estimate of drug-likeness (QED) is 0.654. The average Bonchev–Trinajstić information content (AvgIpc) is 2.85. The third-order valence-corrected chi connectivity index (χ3v) is 7.00. The van der Waals surface area contributed by atoms with E-state index in [2.05, 4.69) is 5.32 Å². The van der Waals surface area contributed by atoms with Gasteiger partial charge in [0.05, 0.1) is 25.6 Å². The number of likely N-dealkylation sites (tertiary alicyclic amines) is 1. The molecule has 2 aliphatic heterocycles. The molecule has 1 fully saturated rings. The highest BCUT2D eigenvalue weighted by Gasteiger charge is 2.41. The van der Waals surface area contributed by atoms with Gasteiger partial charge in [0.2, 0.25) is 11.8 Å². The Balaban J connectivity index is 1.56. The molecule has 0 bridgehead atoms. The second-order valence-electron chi connectivity index (χ2n) is 7.89. The van der Waals surface area contributed by atoms with Crippen molar-refractivity contribution in [3.8, 4) is 11.5 Å². The van der Waals surface area contributed by atoms with Crippen LogP contribution in [-0.4, -0.2) is 61.7 Å². The first-order chi connectivity index (χ1) is 16.0. The second kappa shape index (κ2) is 10.2. The van der Waals surface area contributed by atoms with Crippen molar-refractivity contribution in [3.63, 3.8) is 0 Å². The first-order valence-corrected chi connectivity index (χ1v) is 11.8. The van der Waals surface area contributed by atoms with Crippen molar-refractivity contribution in [2.75, 3.05) is 44.1 Å². The summed E-state index contributed by atoms with van der Waals surface area (Å²) in [7, 11) is 3.05. The molecule has 33 heavy (non-hydrogen) atoms. The van der Waals surface area contributed by atoms with Gasteiger partial charge < -0.3 is 24.6 Å². The highest BCUT2D eigenvalue weighted by molar-refractivity contribution is 8.01. The summed E-state index contributed by atoms with van der Waals surface area (Å²) >= 11 is 1.26. The molecule has 4 rings (SSSR count). The molecule has 2 aromatic carbocycles. The number of nitrogens with one attached hydrogen (secondary N) is 1. The zero-order chi connectivity index (χ0) is 23.4. The molecule has 2 aliphatic rings. The molecule has 8 nitrogen and oxygen atoms in total. The number of nitrogens with zero attached hydrogens (tertiary/aromatic N) is 2. The van der Waals surface area contributed by atoms with E-state index >= 15 is 0 Å². The molecule has 1 atom stereocenters. The van der Waals surface area contributed by atoms with E-state index < -0.39 is 11.2 Å². The van der Waals surface area contributed by atoms with Gasteiger partial charge in [-0.25, -0.2) is 0 Å². The van der Waals surface area contributed by atoms with Crippen molar-refractivity contribution in [1.29, 1.82) is 0 Å². The highest BCUT2D eigenvalue weighted by Crippen LogP contribution is 2.40. The van der Waals surface area contributed by atoms with Gasteiger partial charge in [-0.3, -0.25) is 14.4 Å². The molecule has 3 amide bonds. The minimum atomic E-state index is -0.892. The fraction of sp³-hybridized carbons (Fsp3) is 0.375. The Morgan fingerprint density at radius 2 is 1.82 bits per heavy atom. The Morgan fingerprint density at radius 1 is 1.06 bits per heavy atom. The Labute approximate surface area is 197 Å². The minimum Gasteiger partial charge on any atom is -0.497 e. The number of para-hydroxylation sites is 1. The second-order valence-corrected chi connectivity index (χ2v) is 9.04. The smallest absolute Gasteiger partial charge is 0.250 e. The van der Waals surface area contributed by atoms with Crippen molar-refractivity contribution in [3.05, 3.63) is 42.5 Å². The van der Waals surface area contributed by atoms with Crippen LogP contribution < -0.4 is 19.7 Å². The minimum absolute atomic E-state index is 0.181. The first kappa shape index (κ1) is 23.0. The summed E-state index contributed by atoms with van der Waals surface area (Å²) in [5.74, 6) is 0.0826.